The van der Waals surface area contributed by atoms with Crippen molar-refractivity contribution in [3.63, 3.8) is 0 Å². The predicted molar refractivity (Wildman–Crippen MR) is 59.0 cm³/mol. The second kappa shape index (κ2) is 3.72. The third-order valence-electron chi connectivity index (χ3n) is 2.57. The van der Waals surface area contributed by atoms with Gasteiger partial charge in [-0.1, -0.05) is 6.07 Å². The molecule has 1 aliphatic rings. The van der Waals surface area contributed by atoms with Gasteiger partial charge in [0.05, 0.1) is 11.7 Å². The van der Waals surface area contributed by atoms with Crippen molar-refractivity contribution in [3.8, 4) is 5.75 Å². The maximum absolute atomic E-state index is 9.68. The molecule has 1 aromatic carbocycles. The molecule has 4 N–H and O–H groups in total. The third kappa shape index (κ3) is 1.91. The number of nitrogens with one attached hydrogen (secondary N) is 1. The molecule has 0 radical (unpaired) electrons. The molecule has 0 fully saturated rings. The summed E-state index contributed by atoms with van der Waals surface area (Å²) in [7, 11) is 0. The molecular formula is C11H16N2O2. The lowest BCUT2D eigenvalue weighted by atomic mass is 10.1. The number of anilines is 1. The van der Waals surface area contributed by atoms with E-state index in [2.05, 4.69) is 5.32 Å². The van der Waals surface area contributed by atoms with Crippen LogP contribution >= 0.6 is 0 Å². The van der Waals surface area contributed by atoms with Crippen LogP contribution in [-0.2, 0) is 0 Å². The van der Waals surface area contributed by atoms with Crippen LogP contribution in [0.2, 0.25) is 0 Å². The summed E-state index contributed by atoms with van der Waals surface area (Å²) in [6.07, 6.45) is -0.757. The molecule has 0 saturated carbocycles. The van der Waals surface area contributed by atoms with Crippen LogP contribution < -0.4 is 15.8 Å². The van der Waals surface area contributed by atoms with Crippen LogP contribution in [0, 0.1) is 13.8 Å². The molecule has 2 rings (SSSR count). The van der Waals surface area contributed by atoms with Crippen LogP contribution in [0.5, 0.6) is 5.75 Å². The maximum atomic E-state index is 9.68. The minimum atomic E-state index is -0.757. The Balaban J connectivity index is 2.43. The lowest BCUT2D eigenvalue weighted by molar-refractivity contribution is 0.146. The molecule has 0 saturated heterocycles. The predicted octanol–water partition coefficient (Wildman–Crippen LogP) is 0.753. The van der Waals surface area contributed by atoms with Gasteiger partial charge in [0, 0.05) is 0 Å². The van der Waals surface area contributed by atoms with Crippen LogP contribution in [0.25, 0.3) is 0 Å². The van der Waals surface area contributed by atoms with Gasteiger partial charge in [0.25, 0.3) is 0 Å². The minimum absolute atomic E-state index is 0.323. The van der Waals surface area contributed by atoms with E-state index < -0.39 is 12.3 Å². The summed E-state index contributed by atoms with van der Waals surface area (Å²) in [6, 6.07) is 3.58. The maximum Gasteiger partial charge on any atom is 0.143 e. The zero-order valence-corrected chi connectivity index (χ0v) is 8.95. The van der Waals surface area contributed by atoms with Crippen LogP contribution in [0.15, 0.2) is 12.1 Å². The fraction of sp³-hybridized carbons (Fsp3) is 0.455. The third-order valence-corrected chi connectivity index (χ3v) is 2.57. The molecule has 4 nitrogen and oxygen atoms in total. The molecule has 1 heterocycles. The molecule has 4 heteroatoms. The fourth-order valence-corrected chi connectivity index (χ4v) is 1.76. The Hall–Kier alpha value is -1.26. The van der Waals surface area contributed by atoms with Crippen molar-refractivity contribution in [1.29, 1.82) is 0 Å². The van der Waals surface area contributed by atoms with E-state index in [1.807, 2.05) is 26.0 Å². The summed E-state index contributed by atoms with van der Waals surface area (Å²) in [4.78, 5) is 0. The normalized spacial score (nSPS) is 24.8. The Morgan fingerprint density at radius 2 is 2.20 bits per heavy atom. The van der Waals surface area contributed by atoms with Crippen molar-refractivity contribution < 1.29 is 9.84 Å². The molecule has 1 aliphatic heterocycles. The Morgan fingerprint density at radius 3 is 2.93 bits per heavy atom. The number of aryl methyl sites for hydroxylation is 2. The zero-order chi connectivity index (χ0) is 11.0. The van der Waals surface area contributed by atoms with Crippen LogP contribution in [-0.4, -0.2) is 24.0 Å². The summed E-state index contributed by atoms with van der Waals surface area (Å²) in [6.45, 7) is 4.31. The van der Waals surface area contributed by atoms with Gasteiger partial charge >= 0.3 is 0 Å². The summed E-state index contributed by atoms with van der Waals surface area (Å²) >= 11 is 0. The fourth-order valence-electron chi connectivity index (χ4n) is 1.76. The molecule has 2 atom stereocenters. The zero-order valence-electron chi connectivity index (χ0n) is 8.95. The van der Waals surface area contributed by atoms with Crippen molar-refractivity contribution in [2.24, 2.45) is 5.73 Å². The first-order valence-electron chi connectivity index (χ1n) is 5.02. The first kappa shape index (κ1) is 10.3. The Morgan fingerprint density at radius 1 is 1.47 bits per heavy atom. The van der Waals surface area contributed by atoms with Gasteiger partial charge in [-0.3, -0.25) is 0 Å². The first-order chi connectivity index (χ1) is 7.08. The summed E-state index contributed by atoms with van der Waals surface area (Å²) in [5.74, 6) is 0.763. The average molecular weight is 208 g/mol. The van der Waals surface area contributed by atoms with Gasteiger partial charge in [0.2, 0.25) is 0 Å². The van der Waals surface area contributed by atoms with E-state index in [9.17, 15) is 5.11 Å². The number of hydrogen-bond donors (Lipinski definition) is 3. The van der Waals surface area contributed by atoms with Gasteiger partial charge in [-0.15, -0.1) is 0 Å². The number of fused-ring (bicyclic) bond motifs is 1. The Bertz CT molecular complexity index is 379. The number of rotatable bonds is 0. The molecule has 1 unspecified atom stereocenters. The molecular weight excluding hydrogens is 192 g/mol. The largest absolute Gasteiger partial charge is 0.490 e. The molecule has 1 aromatic rings. The SMILES string of the molecule is Cc1cc(C)c2c(c1)OC[C@H](N)C(O)N2. The van der Waals surface area contributed by atoms with Crippen molar-refractivity contribution in [2.45, 2.75) is 26.1 Å². The minimum Gasteiger partial charge on any atom is -0.490 e. The van der Waals surface area contributed by atoms with E-state index in [-0.39, 0.29) is 0 Å². The van der Waals surface area contributed by atoms with Crippen molar-refractivity contribution in [1.82, 2.24) is 0 Å². The quantitative estimate of drug-likeness (QED) is 0.588. The summed E-state index contributed by atoms with van der Waals surface area (Å²) < 4.78 is 5.55. The van der Waals surface area contributed by atoms with Crippen LogP contribution in [0.3, 0.4) is 0 Å². The van der Waals surface area contributed by atoms with E-state index in [1.165, 1.54) is 0 Å². The lowest BCUT2D eigenvalue weighted by Crippen LogP contribution is -2.42. The van der Waals surface area contributed by atoms with Gasteiger partial charge in [-0.05, 0) is 31.0 Å². The molecule has 0 aromatic heterocycles. The highest BCUT2D eigenvalue weighted by molar-refractivity contribution is 5.64. The second-order valence-corrected chi connectivity index (χ2v) is 4.02. The van der Waals surface area contributed by atoms with Crippen LogP contribution in [0.1, 0.15) is 11.1 Å². The second-order valence-electron chi connectivity index (χ2n) is 4.02. The molecule has 0 bridgehead atoms. The van der Waals surface area contributed by atoms with Crippen molar-refractivity contribution >= 4 is 5.69 Å². The Labute approximate surface area is 89.0 Å². The molecule has 82 valence electrons. The number of aliphatic hydroxyl groups excluding tert-OH is 1. The van der Waals surface area contributed by atoms with Crippen LogP contribution in [0.4, 0.5) is 5.69 Å². The number of benzene rings is 1. The van der Waals surface area contributed by atoms with Gasteiger partial charge in [-0.2, -0.15) is 0 Å². The smallest absolute Gasteiger partial charge is 0.143 e. The standard InChI is InChI=1S/C11H16N2O2/c1-6-3-7(2)10-9(4-6)15-5-8(12)11(14)13-10/h3-4,8,11,13-14H,5,12H2,1-2H3/t8-,11?/m0/s1. The Kier molecular flexibility index (Phi) is 2.54. The van der Waals surface area contributed by atoms with Gasteiger partial charge in [0.1, 0.15) is 18.6 Å². The molecule has 15 heavy (non-hydrogen) atoms. The highest BCUT2D eigenvalue weighted by atomic mass is 16.5. The van der Waals surface area contributed by atoms with Crippen molar-refractivity contribution in [2.75, 3.05) is 11.9 Å². The van der Waals surface area contributed by atoms with E-state index in [0.717, 1.165) is 22.6 Å². The molecule has 0 spiro atoms. The van der Waals surface area contributed by atoms with E-state index >= 15 is 0 Å². The molecule has 0 amide bonds. The highest BCUT2D eigenvalue weighted by Gasteiger charge is 2.22. The van der Waals surface area contributed by atoms with Gasteiger partial charge in [0.15, 0.2) is 0 Å². The van der Waals surface area contributed by atoms with E-state index in [0.29, 0.717) is 6.61 Å². The molecule has 0 aliphatic carbocycles. The topological polar surface area (TPSA) is 67.5 Å². The van der Waals surface area contributed by atoms with E-state index in [4.69, 9.17) is 10.5 Å². The number of hydrogen-bond acceptors (Lipinski definition) is 4. The average Bonchev–Trinajstić information content (AvgIpc) is 2.30. The number of nitrogens with two attached hydrogens (primary N) is 1. The lowest BCUT2D eigenvalue weighted by Gasteiger charge is -2.16. The van der Waals surface area contributed by atoms with Gasteiger partial charge < -0.3 is 20.9 Å². The van der Waals surface area contributed by atoms with Crippen molar-refractivity contribution in [3.05, 3.63) is 23.3 Å². The monoisotopic (exact) mass is 208 g/mol. The van der Waals surface area contributed by atoms with E-state index in [1.54, 1.807) is 0 Å². The number of ether oxygens (including phenoxy) is 1. The van der Waals surface area contributed by atoms with Gasteiger partial charge in [-0.25, -0.2) is 0 Å². The first-order valence-corrected chi connectivity index (χ1v) is 5.02. The summed E-state index contributed by atoms with van der Waals surface area (Å²) in [5.41, 5.74) is 8.73. The number of aliphatic hydroxyl groups is 1. The highest BCUT2D eigenvalue weighted by Crippen LogP contribution is 2.32. The summed E-state index contributed by atoms with van der Waals surface area (Å²) in [5, 5.41) is 12.7.